The number of rotatable bonds is 5. The summed E-state index contributed by atoms with van der Waals surface area (Å²) in [5.41, 5.74) is 0.457. The Hall–Kier alpha value is -1.95. The molecule has 24 heavy (non-hydrogen) atoms. The minimum atomic E-state index is -0.356. The smallest absolute Gasteiger partial charge is 0.251 e. The van der Waals surface area contributed by atoms with Gasteiger partial charge in [-0.1, -0.05) is 0 Å². The molecule has 0 spiro atoms. The monoisotopic (exact) mass is 334 g/mol. The molecule has 0 saturated carbocycles. The molecule has 2 saturated heterocycles. The summed E-state index contributed by atoms with van der Waals surface area (Å²) < 4.78 is 18.2. The molecule has 2 unspecified atom stereocenters. The molecule has 130 valence electrons. The lowest BCUT2D eigenvalue weighted by Crippen LogP contribution is -2.53. The zero-order valence-electron chi connectivity index (χ0n) is 13.8. The number of ether oxygens (including phenoxy) is 1. The summed E-state index contributed by atoms with van der Waals surface area (Å²) >= 11 is 0. The highest BCUT2D eigenvalue weighted by molar-refractivity contribution is 5.94. The summed E-state index contributed by atoms with van der Waals surface area (Å²) in [6.45, 7) is 2.54. The average Bonchev–Trinajstić information content (AvgIpc) is 2.84. The molecule has 2 bridgehead atoms. The topological polar surface area (TPSA) is 58.6 Å². The minimum Gasteiger partial charge on any atom is -0.372 e. The van der Waals surface area contributed by atoms with Crippen molar-refractivity contribution in [2.24, 2.45) is 0 Å². The Morgan fingerprint density at radius 3 is 2.42 bits per heavy atom. The Balaban J connectivity index is 1.58. The number of carbonyl (C=O) groups excluding carboxylic acids is 2. The fraction of sp³-hybridized carbons (Fsp3) is 0.556. The molecule has 1 N–H and O–H groups in total. The van der Waals surface area contributed by atoms with E-state index in [-0.39, 0.29) is 42.4 Å². The summed E-state index contributed by atoms with van der Waals surface area (Å²) in [7, 11) is 0. The van der Waals surface area contributed by atoms with Crippen LogP contribution in [0.3, 0.4) is 0 Å². The van der Waals surface area contributed by atoms with Gasteiger partial charge in [0.1, 0.15) is 12.4 Å². The molecular weight excluding hydrogens is 311 g/mol. The highest BCUT2D eigenvalue weighted by Crippen LogP contribution is 2.35. The summed E-state index contributed by atoms with van der Waals surface area (Å²) in [4.78, 5) is 26.5. The molecule has 6 heteroatoms. The molecule has 0 radical (unpaired) electrons. The van der Waals surface area contributed by atoms with Crippen LogP contribution in [0.5, 0.6) is 0 Å². The average molecular weight is 334 g/mol. The van der Waals surface area contributed by atoms with Crippen LogP contribution in [0.25, 0.3) is 0 Å². The van der Waals surface area contributed by atoms with E-state index in [9.17, 15) is 14.0 Å². The van der Waals surface area contributed by atoms with Gasteiger partial charge in [0.05, 0.1) is 0 Å². The third-order valence-corrected chi connectivity index (χ3v) is 4.89. The van der Waals surface area contributed by atoms with Crippen molar-refractivity contribution in [3.63, 3.8) is 0 Å². The molecular formula is C18H23FN2O3. The second kappa shape index (κ2) is 7.30. The first-order valence-electron chi connectivity index (χ1n) is 8.53. The van der Waals surface area contributed by atoms with Crippen LogP contribution in [0, 0.1) is 5.82 Å². The lowest BCUT2D eigenvalue weighted by Gasteiger charge is -2.39. The fourth-order valence-corrected chi connectivity index (χ4v) is 3.84. The van der Waals surface area contributed by atoms with Gasteiger partial charge < -0.3 is 15.0 Å². The van der Waals surface area contributed by atoms with E-state index < -0.39 is 0 Å². The van der Waals surface area contributed by atoms with Crippen molar-refractivity contribution in [3.8, 4) is 0 Å². The fourth-order valence-electron chi connectivity index (χ4n) is 3.84. The van der Waals surface area contributed by atoms with Crippen LogP contribution in [-0.4, -0.2) is 48.1 Å². The Kier molecular flexibility index (Phi) is 5.14. The lowest BCUT2D eigenvalue weighted by molar-refractivity contribution is -0.140. The molecule has 2 heterocycles. The first-order chi connectivity index (χ1) is 11.6. The molecule has 2 aliphatic rings. The van der Waals surface area contributed by atoms with Gasteiger partial charge in [0.2, 0.25) is 5.91 Å². The maximum absolute atomic E-state index is 12.9. The van der Waals surface area contributed by atoms with Gasteiger partial charge >= 0.3 is 0 Å². The van der Waals surface area contributed by atoms with E-state index in [0.29, 0.717) is 12.2 Å². The van der Waals surface area contributed by atoms with Gasteiger partial charge in [-0.15, -0.1) is 0 Å². The maximum atomic E-state index is 12.9. The van der Waals surface area contributed by atoms with Gasteiger partial charge in [-0.3, -0.25) is 9.59 Å². The Morgan fingerprint density at radius 1 is 1.21 bits per heavy atom. The molecule has 2 atom stereocenters. The molecule has 3 rings (SSSR count). The number of nitrogens with zero attached hydrogens (tertiary/aromatic N) is 1. The summed E-state index contributed by atoms with van der Waals surface area (Å²) in [5.74, 6) is -0.494. The molecule has 0 aromatic heterocycles. The molecule has 1 aromatic rings. The van der Waals surface area contributed by atoms with Crippen LogP contribution >= 0.6 is 0 Å². The van der Waals surface area contributed by atoms with Gasteiger partial charge in [0.25, 0.3) is 5.91 Å². The summed E-state index contributed by atoms with van der Waals surface area (Å²) in [6, 6.07) is 5.95. The van der Waals surface area contributed by atoms with E-state index in [0.717, 1.165) is 25.7 Å². The van der Waals surface area contributed by atoms with E-state index >= 15 is 0 Å². The minimum absolute atomic E-state index is 0.0488. The van der Waals surface area contributed by atoms with E-state index in [1.165, 1.54) is 24.3 Å². The number of benzene rings is 1. The number of hydrogen-bond donors (Lipinski definition) is 1. The summed E-state index contributed by atoms with van der Waals surface area (Å²) in [6.07, 6.45) is 3.49. The quantitative estimate of drug-likeness (QED) is 0.897. The Bertz CT molecular complexity index is 591. The zero-order valence-corrected chi connectivity index (χ0v) is 13.8. The molecule has 2 fully saturated rings. The van der Waals surface area contributed by atoms with Crippen molar-refractivity contribution < 1.29 is 18.7 Å². The van der Waals surface area contributed by atoms with Crippen LogP contribution in [0.4, 0.5) is 4.39 Å². The lowest BCUT2D eigenvalue weighted by atomic mass is 9.96. The standard InChI is InChI=1S/C18H23FN2O3/c1-2-24-11-17(22)21-15-7-8-16(21)10-14(9-15)20-18(23)12-3-5-13(19)6-4-12/h3-6,14-16H,2,7-11H2,1H3,(H,20,23). The second-order valence-corrected chi connectivity index (χ2v) is 6.47. The number of hydrogen-bond acceptors (Lipinski definition) is 3. The maximum Gasteiger partial charge on any atom is 0.251 e. The number of amides is 2. The van der Waals surface area contributed by atoms with Crippen molar-refractivity contribution >= 4 is 11.8 Å². The van der Waals surface area contributed by atoms with E-state index in [2.05, 4.69) is 5.32 Å². The Labute approximate surface area is 141 Å². The van der Waals surface area contributed by atoms with Crippen molar-refractivity contribution in [1.82, 2.24) is 10.2 Å². The van der Waals surface area contributed by atoms with Crippen molar-refractivity contribution in [1.29, 1.82) is 0 Å². The van der Waals surface area contributed by atoms with Crippen molar-refractivity contribution in [2.45, 2.75) is 50.7 Å². The van der Waals surface area contributed by atoms with E-state index in [1.54, 1.807) is 0 Å². The summed E-state index contributed by atoms with van der Waals surface area (Å²) in [5, 5.41) is 3.03. The van der Waals surface area contributed by atoms with Crippen LogP contribution in [-0.2, 0) is 9.53 Å². The van der Waals surface area contributed by atoms with Gasteiger partial charge in [-0.25, -0.2) is 4.39 Å². The van der Waals surface area contributed by atoms with Gasteiger partial charge in [0.15, 0.2) is 0 Å². The predicted octanol–water partition coefficient (Wildman–Crippen LogP) is 2.11. The van der Waals surface area contributed by atoms with Crippen LogP contribution < -0.4 is 5.32 Å². The number of nitrogens with one attached hydrogen (secondary N) is 1. The van der Waals surface area contributed by atoms with Gasteiger partial charge in [-0.2, -0.15) is 0 Å². The van der Waals surface area contributed by atoms with Crippen LogP contribution in [0.1, 0.15) is 43.0 Å². The second-order valence-electron chi connectivity index (χ2n) is 6.47. The van der Waals surface area contributed by atoms with Gasteiger partial charge in [-0.05, 0) is 56.9 Å². The number of carbonyl (C=O) groups is 2. The molecule has 5 nitrogen and oxygen atoms in total. The van der Waals surface area contributed by atoms with Crippen molar-refractivity contribution in [3.05, 3.63) is 35.6 Å². The number of fused-ring (bicyclic) bond motifs is 2. The normalized spacial score (nSPS) is 25.6. The first kappa shape index (κ1) is 16.9. The van der Waals surface area contributed by atoms with Crippen LogP contribution in [0.2, 0.25) is 0 Å². The number of halogens is 1. The number of piperidine rings is 1. The third-order valence-electron chi connectivity index (χ3n) is 4.89. The molecule has 0 aliphatic carbocycles. The predicted molar refractivity (Wildman–Crippen MR) is 87.0 cm³/mol. The first-order valence-corrected chi connectivity index (χ1v) is 8.53. The zero-order chi connectivity index (χ0) is 17.1. The highest BCUT2D eigenvalue weighted by Gasteiger charge is 2.43. The molecule has 2 amide bonds. The largest absolute Gasteiger partial charge is 0.372 e. The van der Waals surface area contributed by atoms with E-state index in [4.69, 9.17) is 4.74 Å². The SMILES string of the molecule is CCOCC(=O)N1C2CCC1CC(NC(=O)c1ccc(F)cc1)C2. The van der Waals surface area contributed by atoms with Crippen molar-refractivity contribution in [2.75, 3.05) is 13.2 Å². The van der Waals surface area contributed by atoms with Gasteiger partial charge in [0, 0.05) is 30.3 Å². The molecule has 2 aliphatic heterocycles. The van der Waals surface area contributed by atoms with E-state index in [1.807, 2.05) is 11.8 Å². The highest BCUT2D eigenvalue weighted by atomic mass is 19.1. The Morgan fingerprint density at radius 2 is 1.83 bits per heavy atom. The third kappa shape index (κ3) is 3.59. The molecule has 1 aromatic carbocycles. The van der Waals surface area contributed by atoms with Crippen LogP contribution in [0.15, 0.2) is 24.3 Å².